The van der Waals surface area contributed by atoms with Crippen LogP contribution in [-0.4, -0.2) is 25.4 Å². The second-order valence-electron chi connectivity index (χ2n) is 5.59. The number of benzene rings is 2. The number of nitrogens with zero attached hydrogens (tertiary/aromatic N) is 2. The van der Waals surface area contributed by atoms with Gasteiger partial charge in [-0.15, -0.1) is 0 Å². The number of rotatable bonds is 6. The van der Waals surface area contributed by atoms with Crippen LogP contribution in [0.3, 0.4) is 0 Å². The third kappa shape index (κ3) is 4.16. The molecule has 3 rings (SSSR count). The number of para-hydroxylation sites is 1. The minimum absolute atomic E-state index is 0.178. The van der Waals surface area contributed by atoms with Crippen molar-refractivity contribution in [1.29, 1.82) is 0 Å². The van der Waals surface area contributed by atoms with Crippen LogP contribution in [0.25, 0.3) is 0 Å². The Bertz CT molecular complexity index is 1020. The summed E-state index contributed by atoms with van der Waals surface area (Å²) in [4.78, 5) is 8.58. The van der Waals surface area contributed by atoms with Gasteiger partial charge < -0.3 is 10.6 Å². The molecule has 2 aromatic carbocycles. The zero-order chi connectivity index (χ0) is 18.6. The van der Waals surface area contributed by atoms with E-state index in [1.54, 1.807) is 24.3 Å². The van der Waals surface area contributed by atoms with Gasteiger partial charge in [-0.2, -0.15) is 0 Å². The highest BCUT2D eigenvalue weighted by molar-refractivity contribution is 7.89. The minimum Gasteiger partial charge on any atom is -0.340 e. The zero-order valence-corrected chi connectivity index (χ0v) is 15.2. The third-order valence-electron chi connectivity index (χ3n) is 3.76. The van der Waals surface area contributed by atoms with Gasteiger partial charge in [-0.05, 0) is 43.8 Å². The highest BCUT2D eigenvalue weighted by Gasteiger charge is 2.11. The maximum atomic E-state index is 11.9. The van der Waals surface area contributed by atoms with E-state index in [0.717, 1.165) is 11.3 Å². The van der Waals surface area contributed by atoms with E-state index in [0.29, 0.717) is 17.3 Å². The predicted molar refractivity (Wildman–Crippen MR) is 102 cm³/mol. The van der Waals surface area contributed by atoms with E-state index >= 15 is 0 Å². The second kappa shape index (κ2) is 7.51. The van der Waals surface area contributed by atoms with Crippen molar-refractivity contribution in [1.82, 2.24) is 14.7 Å². The molecule has 0 radical (unpaired) electrons. The lowest BCUT2D eigenvalue weighted by atomic mass is 10.2. The summed E-state index contributed by atoms with van der Waals surface area (Å²) in [5, 5.41) is 6.34. The van der Waals surface area contributed by atoms with Crippen molar-refractivity contribution in [3.05, 3.63) is 66.5 Å². The van der Waals surface area contributed by atoms with Crippen molar-refractivity contribution in [2.24, 2.45) is 0 Å². The Morgan fingerprint density at radius 1 is 0.885 bits per heavy atom. The van der Waals surface area contributed by atoms with Gasteiger partial charge in [0.2, 0.25) is 10.0 Å². The molecule has 0 unspecified atom stereocenters. The number of hydrogen-bond acceptors (Lipinski definition) is 6. The van der Waals surface area contributed by atoms with E-state index in [-0.39, 0.29) is 4.90 Å². The first kappa shape index (κ1) is 17.8. The molecule has 0 saturated heterocycles. The summed E-state index contributed by atoms with van der Waals surface area (Å²) in [5.41, 5.74) is 2.67. The van der Waals surface area contributed by atoms with Crippen molar-refractivity contribution < 1.29 is 8.42 Å². The van der Waals surface area contributed by atoms with Crippen LogP contribution in [0.4, 0.5) is 23.0 Å². The first-order chi connectivity index (χ1) is 12.5. The summed E-state index contributed by atoms with van der Waals surface area (Å²) in [7, 11) is -2.12. The van der Waals surface area contributed by atoms with Crippen molar-refractivity contribution in [2.75, 3.05) is 17.7 Å². The molecule has 26 heavy (non-hydrogen) atoms. The Balaban J connectivity index is 1.81. The van der Waals surface area contributed by atoms with Crippen LogP contribution in [0.5, 0.6) is 0 Å². The molecule has 0 aliphatic carbocycles. The van der Waals surface area contributed by atoms with Crippen LogP contribution >= 0.6 is 0 Å². The molecule has 134 valence electrons. The largest absolute Gasteiger partial charge is 0.340 e. The molecule has 8 heteroatoms. The van der Waals surface area contributed by atoms with Gasteiger partial charge in [0.05, 0.1) is 4.90 Å². The molecule has 3 aromatic rings. The SMILES string of the molecule is CNS(=O)(=O)c1cccc(Nc2cc(Nc3ccccc3C)ncn2)c1. The summed E-state index contributed by atoms with van der Waals surface area (Å²) in [6, 6.07) is 16.2. The van der Waals surface area contributed by atoms with E-state index < -0.39 is 10.0 Å². The molecule has 0 aliphatic rings. The lowest BCUT2D eigenvalue weighted by Gasteiger charge is -2.11. The molecular formula is C18H19N5O2S. The van der Waals surface area contributed by atoms with Crippen molar-refractivity contribution in [3.63, 3.8) is 0 Å². The van der Waals surface area contributed by atoms with Gasteiger partial charge in [0, 0.05) is 17.4 Å². The van der Waals surface area contributed by atoms with E-state index in [4.69, 9.17) is 0 Å². The number of nitrogens with one attached hydrogen (secondary N) is 3. The van der Waals surface area contributed by atoms with E-state index in [2.05, 4.69) is 25.3 Å². The molecule has 0 fully saturated rings. The Hall–Kier alpha value is -2.97. The monoisotopic (exact) mass is 369 g/mol. The number of aromatic nitrogens is 2. The average molecular weight is 369 g/mol. The number of hydrogen-bond donors (Lipinski definition) is 3. The van der Waals surface area contributed by atoms with Crippen LogP contribution in [-0.2, 0) is 10.0 Å². The lowest BCUT2D eigenvalue weighted by molar-refractivity contribution is 0.588. The smallest absolute Gasteiger partial charge is 0.240 e. The number of anilines is 4. The molecule has 0 spiro atoms. The second-order valence-corrected chi connectivity index (χ2v) is 7.48. The van der Waals surface area contributed by atoms with E-state index in [9.17, 15) is 8.42 Å². The topological polar surface area (TPSA) is 96.0 Å². The maximum absolute atomic E-state index is 11.9. The number of aryl methyl sites for hydroxylation is 1. The highest BCUT2D eigenvalue weighted by atomic mass is 32.2. The zero-order valence-electron chi connectivity index (χ0n) is 14.4. The Morgan fingerprint density at radius 2 is 1.62 bits per heavy atom. The summed E-state index contributed by atoms with van der Waals surface area (Å²) in [6.07, 6.45) is 1.44. The van der Waals surface area contributed by atoms with E-state index in [1.165, 1.54) is 19.4 Å². The highest BCUT2D eigenvalue weighted by Crippen LogP contribution is 2.22. The standard InChI is InChI=1S/C18H19N5O2S/c1-13-6-3-4-9-16(13)23-18-11-17(20-12-21-18)22-14-7-5-8-15(10-14)26(24,25)19-2/h3-12,19H,1-2H3,(H2,20,21,22,23). The van der Waals surface area contributed by atoms with Gasteiger partial charge in [0.25, 0.3) is 0 Å². The molecule has 0 amide bonds. The minimum atomic E-state index is -3.50. The Morgan fingerprint density at radius 3 is 2.35 bits per heavy atom. The summed E-state index contributed by atoms with van der Waals surface area (Å²) in [5.74, 6) is 1.19. The van der Waals surface area contributed by atoms with Gasteiger partial charge >= 0.3 is 0 Å². The van der Waals surface area contributed by atoms with Gasteiger partial charge in [-0.1, -0.05) is 24.3 Å². The van der Waals surface area contributed by atoms with Gasteiger partial charge in [0.1, 0.15) is 18.0 Å². The summed E-state index contributed by atoms with van der Waals surface area (Å²) in [6.45, 7) is 2.01. The molecule has 0 bridgehead atoms. The fourth-order valence-electron chi connectivity index (χ4n) is 2.35. The normalized spacial score (nSPS) is 11.2. The third-order valence-corrected chi connectivity index (χ3v) is 5.17. The average Bonchev–Trinajstić information content (AvgIpc) is 2.64. The lowest BCUT2D eigenvalue weighted by Crippen LogP contribution is -2.18. The Kier molecular flexibility index (Phi) is 5.15. The van der Waals surface area contributed by atoms with Crippen LogP contribution in [0.15, 0.2) is 65.8 Å². The fourth-order valence-corrected chi connectivity index (χ4v) is 3.13. The van der Waals surface area contributed by atoms with E-state index in [1.807, 2.05) is 31.2 Å². The molecule has 0 aliphatic heterocycles. The molecular weight excluding hydrogens is 350 g/mol. The fraction of sp³-hybridized carbons (Fsp3) is 0.111. The van der Waals surface area contributed by atoms with Crippen molar-refractivity contribution in [2.45, 2.75) is 11.8 Å². The quantitative estimate of drug-likeness (QED) is 0.618. The van der Waals surface area contributed by atoms with Gasteiger partial charge in [0.15, 0.2) is 0 Å². The maximum Gasteiger partial charge on any atom is 0.240 e. The molecule has 1 aromatic heterocycles. The molecule has 3 N–H and O–H groups in total. The first-order valence-electron chi connectivity index (χ1n) is 7.93. The molecule has 7 nitrogen and oxygen atoms in total. The van der Waals surface area contributed by atoms with Crippen LogP contribution in [0.1, 0.15) is 5.56 Å². The van der Waals surface area contributed by atoms with Gasteiger partial charge in [-0.25, -0.2) is 23.1 Å². The summed E-state index contributed by atoms with van der Waals surface area (Å²) >= 11 is 0. The molecule has 1 heterocycles. The van der Waals surface area contributed by atoms with Crippen molar-refractivity contribution >= 4 is 33.0 Å². The molecule has 0 saturated carbocycles. The van der Waals surface area contributed by atoms with Crippen LogP contribution < -0.4 is 15.4 Å². The van der Waals surface area contributed by atoms with Gasteiger partial charge in [-0.3, -0.25) is 0 Å². The molecule has 0 atom stereocenters. The Labute approximate surface area is 152 Å². The van der Waals surface area contributed by atoms with Crippen LogP contribution in [0.2, 0.25) is 0 Å². The number of sulfonamides is 1. The van der Waals surface area contributed by atoms with Crippen molar-refractivity contribution in [3.8, 4) is 0 Å². The predicted octanol–water partition coefficient (Wildman–Crippen LogP) is 3.18. The van der Waals surface area contributed by atoms with Crippen LogP contribution in [0, 0.1) is 6.92 Å². The first-order valence-corrected chi connectivity index (χ1v) is 9.41. The summed E-state index contributed by atoms with van der Waals surface area (Å²) < 4.78 is 26.1.